The molecule has 0 saturated heterocycles. The number of aromatic nitrogens is 1. The number of aliphatic hydroxyl groups excluding tert-OH is 1. The van der Waals surface area contributed by atoms with E-state index in [0.717, 1.165) is 17.8 Å². The number of hydrogen-bond acceptors (Lipinski definition) is 4. The lowest BCUT2D eigenvalue weighted by Gasteiger charge is -2.28. The molecule has 0 unspecified atom stereocenters. The number of hydrogen-bond donors (Lipinski definition) is 2. The smallest absolute Gasteiger partial charge is 0.0606 e. The van der Waals surface area contributed by atoms with Crippen LogP contribution in [-0.4, -0.2) is 29.3 Å². The first-order valence-electron chi connectivity index (χ1n) is 6.19. The molecule has 0 bridgehead atoms. The van der Waals surface area contributed by atoms with Gasteiger partial charge in [0.15, 0.2) is 0 Å². The molecule has 96 valence electrons. The van der Waals surface area contributed by atoms with E-state index in [1.807, 2.05) is 25.3 Å². The van der Waals surface area contributed by atoms with Crippen LogP contribution in [0.3, 0.4) is 0 Å². The predicted molar refractivity (Wildman–Crippen MR) is 71.0 cm³/mol. The van der Waals surface area contributed by atoms with Crippen molar-refractivity contribution in [2.24, 2.45) is 5.73 Å². The fourth-order valence-electron chi connectivity index (χ4n) is 1.79. The maximum absolute atomic E-state index is 9.05. The van der Waals surface area contributed by atoms with Crippen LogP contribution >= 0.6 is 0 Å². The normalized spacial score (nSPS) is 12.8. The van der Waals surface area contributed by atoms with Crippen molar-refractivity contribution in [2.45, 2.75) is 39.3 Å². The highest BCUT2D eigenvalue weighted by Gasteiger charge is 2.11. The van der Waals surface area contributed by atoms with Crippen molar-refractivity contribution < 1.29 is 5.11 Å². The van der Waals surface area contributed by atoms with Crippen molar-refractivity contribution in [1.29, 1.82) is 0 Å². The number of aliphatic hydroxyl groups is 1. The summed E-state index contributed by atoms with van der Waals surface area (Å²) in [5.74, 6) is 0. The zero-order valence-electron chi connectivity index (χ0n) is 10.9. The molecule has 1 rings (SSSR count). The Morgan fingerprint density at radius 3 is 2.53 bits per heavy atom. The SMILES string of the molecule is CC[C@H](N)c1ccc(N(CCO)C(C)C)cn1. The Balaban J connectivity index is 2.84. The van der Waals surface area contributed by atoms with Crippen LogP contribution in [-0.2, 0) is 0 Å². The Hall–Kier alpha value is -1.13. The summed E-state index contributed by atoms with van der Waals surface area (Å²) in [7, 11) is 0. The molecule has 0 spiro atoms. The van der Waals surface area contributed by atoms with Crippen molar-refractivity contribution in [1.82, 2.24) is 4.98 Å². The first-order valence-corrected chi connectivity index (χ1v) is 6.19. The van der Waals surface area contributed by atoms with Gasteiger partial charge in [0.2, 0.25) is 0 Å². The van der Waals surface area contributed by atoms with Gasteiger partial charge in [-0.25, -0.2) is 0 Å². The van der Waals surface area contributed by atoms with E-state index in [2.05, 4.69) is 23.7 Å². The van der Waals surface area contributed by atoms with E-state index in [4.69, 9.17) is 10.8 Å². The molecule has 0 fully saturated rings. The van der Waals surface area contributed by atoms with Gasteiger partial charge in [-0.2, -0.15) is 0 Å². The van der Waals surface area contributed by atoms with E-state index in [9.17, 15) is 0 Å². The average molecular weight is 237 g/mol. The van der Waals surface area contributed by atoms with Gasteiger partial charge in [0.25, 0.3) is 0 Å². The molecule has 0 radical (unpaired) electrons. The molecular formula is C13H23N3O. The third-order valence-corrected chi connectivity index (χ3v) is 2.89. The molecule has 1 aromatic rings. The van der Waals surface area contributed by atoms with Crippen LogP contribution in [0.1, 0.15) is 38.9 Å². The second-order valence-electron chi connectivity index (χ2n) is 4.47. The summed E-state index contributed by atoms with van der Waals surface area (Å²) in [6.07, 6.45) is 2.72. The van der Waals surface area contributed by atoms with E-state index < -0.39 is 0 Å². The summed E-state index contributed by atoms with van der Waals surface area (Å²) in [5, 5.41) is 9.05. The molecule has 0 aromatic carbocycles. The molecule has 0 aliphatic heterocycles. The molecule has 4 heteroatoms. The van der Waals surface area contributed by atoms with Crippen LogP contribution in [0.25, 0.3) is 0 Å². The second kappa shape index (κ2) is 6.57. The number of nitrogens with two attached hydrogens (primary N) is 1. The van der Waals surface area contributed by atoms with Crippen molar-refractivity contribution in [2.75, 3.05) is 18.1 Å². The van der Waals surface area contributed by atoms with Crippen LogP contribution in [0.15, 0.2) is 18.3 Å². The minimum Gasteiger partial charge on any atom is -0.395 e. The van der Waals surface area contributed by atoms with E-state index in [1.54, 1.807) is 0 Å². The second-order valence-corrected chi connectivity index (χ2v) is 4.47. The summed E-state index contributed by atoms with van der Waals surface area (Å²) in [6, 6.07) is 4.34. The Morgan fingerprint density at radius 1 is 1.41 bits per heavy atom. The van der Waals surface area contributed by atoms with E-state index in [1.165, 1.54) is 0 Å². The summed E-state index contributed by atoms with van der Waals surface area (Å²) in [4.78, 5) is 6.51. The lowest BCUT2D eigenvalue weighted by molar-refractivity contribution is 0.299. The highest BCUT2D eigenvalue weighted by atomic mass is 16.3. The fourth-order valence-corrected chi connectivity index (χ4v) is 1.79. The van der Waals surface area contributed by atoms with Gasteiger partial charge in [0.05, 0.1) is 24.2 Å². The van der Waals surface area contributed by atoms with Gasteiger partial charge in [0, 0.05) is 18.6 Å². The van der Waals surface area contributed by atoms with Crippen LogP contribution < -0.4 is 10.6 Å². The van der Waals surface area contributed by atoms with Crippen molar-refractivity contribution in [3.05, 3.63) is 24.0 Å². The van der Waals surface area contributed by atoms with Crippen LogP contribution in [0.5, 0.6) is 0 Å². The molecule has 3 N–H and O–H groups in total. The molecule has 0 amide bonds. The molecule has 4 nitrogen and oxygen atoms in total. The first kappa shape index (κ1) is 13.9. The minimum absolute atomic E-state index is 0.00870. The van der Waals surface area contributed by atoms with Gasteiger partial charge >= 0.3 is 0 Å². The van der Waals surface area contributed by atoms with E-state index >= 15 is 0 Å². The molecule has 17 heavy (non-hydrogen) atoms. The van der Waals surface area contributed by atoms with Crippen molar-refractivity contribution in [3.63, 3.8) is 0 Å². The van der Waals surface area contributed by atoms with Gasteiger partial charge in [-0.1, -0.05) is 6.92 Å². The molecule has 0 aliphatic carbocycles. The lowest BCUT2D eigenvalue weighted by atomic mass is 10.1. The van der Waals surface area contributed by atoms with Gasteiger partial charge < -0.3 is 15.7 Å². The molecule has 0 aliphatic rings. The predicted octanol–water partition coefficient (Wildman–Crippen LogP) is 1.70. The molecular weight excluding hydrogens is 214 g/mol. The van der Waals surface area contributed by atoms with Gasteiger partial charge in [-0.05, 0) is 32.4 Å². The van der Waals surface area contributed by atoms with Gasteiger partial charge in [0.1, 0.15) is 0 Å². The quantitative estimate of drug-likeness (QED) is 0.790. The summed E-state index contributed by atoms with van der Waals surface area (Å²) >= 11 is 0. The fraction of sp³-hybridized carbons (Fsp3) is 0.615. The largest absolute Gasteiger partial charge is 0.395 e. The highest BCUT2D eigenvalue weighted by molar-refractivity contribution is 5.45. The van der Waals surface area contributed by atoms with Crippen molar-refractivity contribution in [3.8, 4) is 0 Å². The summed E-state index contributed by atoms with van der Waals surface area (Å²) in [6.45, 7) is 7.02. The van der Waals surface area contributed by atoms with Crippen LogP contribution in [0, 0.1) is 0 Å². The molecule has 1 atom stereocenters. The van der Waals surface area contributed by atoms with E-state index in [0.29, 0.717) is 12.6 Å². The highest BCUT2D eigenvalue weighted by Crippen LogP contribution is 2.18. The first-order chi connectivity index (χ1) is 8.10. The van der Waals surface area contributed by atoms with E-state index in [-0.39, 0.29) is 12.6 Å². The van der Waals surface area contributed by atoms with Gasteiger partial charge in [-0.15, -0.1) is 0 Å². The van der Waals surface area contributed by atoms with Gasteiger partial charge in [-0.3, -0.25) is 4.98 Å². The lowest BCUT2D eigenvalue weighted by Crippen LogP contribution is -2.33. The number of pyridine rings is 1. The topological polar surface area (TPSA) is 62.4 Å². The maximum atomic E-state index is 9.05. The zero-order chi connectivity index (χ0) is 12.8. The minimum atomic E-state index is 0.00870. The molecule has 1 aromatic heterocycles. The Bertz CT molecular complexity index is 324. The monoisotopic (exact) mass is 237 g/mol. The summed E-state index contributed by atoms with van der Waals surface area (Å²) in [5.41, 5.74) is 7.87. The zero-order valence-corrected chi connectivity index (χ0v) is 10.9. The standard InChI is InChI=1S/C13H23N3O/c1-4-12(14)13-6-5-11(9-15-13)16(7-8-17)10(2)3/h5-6,9-10,12,17H,4,7-8,14H2,1-3H3/t12-/m0/s1. The number of rotatable bonds is 6. The molecule has 0 saturated carbocycles. The van der Waals surface area contributed by atoms with Crippen LogP contribution in [0.4, 0.5) is 5.69 Å². The van der Waals surface area contributed by atoms with Crippen LogP contribution in [0.2, 0.25) is 0 Å². The Morgan fingerprint density at radius 2 is 2.12 bits per heavy atom. The third kappa shape index (κ3) is 3.68. The summed E-state index contributed by atoms with van der Waals surface area (Å²) < 4.78 is 0. The number of nitrogens with zero attached hydrogens (tertiary/aromatic N) is 2. The number of anilines is 1. The molecule has 1 heterocycles. The Kier molecular flexibility index (Phi) is 5.38. The average Bonchev–Trinajstić information content (AvgIpc) is 2.35. The maximum Gasteiger partial charge on any atom is 0.0606 e. The Labute approximate surface area is 103 Å². The van der Waals surface area contributed by atoms with Crippen molar-refractivity contribution >= 4 is 5.69 Å². The third-order valence-electron chi connectivity index (χ3n) is 2.89.